The summed E-state index contributed by atoms with van der Waals surface area (Å²) in [6, 6.07) is 12.8. The maximum atomic E-state index is 4.73. The molecule has 1 aliphatic rings. The second kappa shape index (κ2) is 3.85. The molecule has 94 valence electrons. The van der Waals surface area contributed by atoms with Gasteiger partial charge in [0.15, 0.2) is 0 Å². The number of hydrogen-bond donors (Lipinski definition) is 1. The molecule has 3 nitrogen and oxygen atoms in total. The molecule has 0 spiro atoms. The minimum Gasteiger partial charge on any atom is -0.384 e. The van der Waals surface area contributed by atoms with Crippen molar-refractivity contribution in [2.24, 2.45) is 0 Å². The number of aryl methyl sites for hydroxylation is 1. The van der Waals surface area contributed by atoms with Gasteiger partial charge in [-0.3, -0.25) is 4.40 Å². The van der Waals surface area contributed by atoms with Crippen LogP contribution in [-0.4, -0.2) is 15.9 Å². The summed E-state index contributed by atoms with van der Waals surface area (Å²) in [5, 5.41) is 3.39. The fourth-order valence-corrected chi connectivity index (χ4v) is 2.84. The van der Waals surface area contributed by atoms with Crippen molar-refractivity contribution in [3.8, 4) is 11.4 Å². The summed E-state index contributed by atoms with van der Waals surface area (Å²) in [5.74, 6) is 1.03. The molecule has 1 N–H and O–H groups in total. The molecule has 4 rings (SSSR count). The van der Waals surface area contributed by atoms with Crippen LogP contribution in [0.4, 0.5) is 5.69 Å². The lowest BCUT2D eigenvalue weighted by Crippen LogP contribution is -1.90. The predicted molar refractivity (Wildman–Crippen MR) is 77.6 cm³/mol. The van der Waals surface area contributed by atoms with E-state index in [1.807, 2.05) is 6.07 Å². The molecule has 0 radical (unpaired) electrons. The minimum absolute atomic E-state index is 1.03. The molecule has 19 heavy (non-hydrogen) atoms. The van der Waals surface area contributed by atoms with E-state index in [1.165, 1.54) is 22.3 Å². The molecule has 0 atom stereocenters. The van der Waals surface area contributed by atoms with Gasteiger partial charge in [-0.05, 0) is 49.2 Å². The monoisotopic (exact) mass is 249 g/mol. The van der Waals surface area contributed by atoms with Gasteiger partial charge < -0.3 is 5.32 Å². The fourth-order valence-electron chi connectivity index (χ4n) is 2.84. The van der Waals surface area contributed by atoms with Gasteiger partial charge in [-0.2, -0.15) is 0 Å². The summed E-state index contributed by atoms with van der Waals surface area (Å²) in [6.45, 7) is 3.11. The van der Waals surface area contributed by atoms with Crippen LogP contribution in [-0.2, 0) is 6.42 Å². The number of rotatable bonds is 1. The quantitative estimate of drug-likeness (QED) is 0.717. The first-order valence-corrected chi connectivity index (χ1v) is 6.64. The second-order valence-corrected chi connectivity index (χ2v) is 5.03. The topological polar surface area (TPSA) is 29.3 Å². The van der Waals surface area contributed by atoms with Crippen molar-refractivity contribution in [2.45, 2.75) is 13.3 Å². The average Bonchev–Trinajstić information content (AvgIpc) is 3.03. The van der Waals surface area contributed by atoms with Crippen molar-refractivity contribution in [3.05, 3.63) is 53.9 Å². The summed E-state index contributed by atoms with van der Waals surface area (Å²) in [4.78, 5) is 4.73. The van der Waals surface area contributed by atoms with Crippen LogP contribution in [0, 0.1) is 6.92 Å². The van der Waals surface area contributed by atoms with E-state index in [-0.39, 0.29) is 0 Å². The Balaban J connectivity index is 1.95. The largest absolute Gasteiger partial charge is 0.384 e. The van der Waals surface area contributed by atoms with Gasteiger partial charge in [0, 0.05) is 24.0 Å². The van der Waals surface area contributed by atoms with Crippen molar-refractivity contribution >= 4 is 11.2 Å². The molecule has 3 heteroatoms. The van der Waals surface area contributed by atoms with Gasteiger partial charge in [0.2, 0.25) is 0 Å². The summed E-state index contributed by atoms with van der Waals surface area (Å²) in [5.41, 5.74) is 6.10. The highest BCUT2D eigenvalue weighted by molar-refractivity contribution is 5.69. The van der Waals surface area contributed by atoms with Gasteiger partial charge >= 0.3 is 0 Å². The van der Waals surface area contributed by atoms with E-state index in [0.717, 1.165) is 24.5 Å². The Labute approximate surface area is 111 Å². The van der Waals surface area contributed by atoms with Crippen LogP contribution in [0.3, 0.4) is 0 Å². The lowest BCUT2D eigenvalue weighted by Gasteiger charge is -2.04. The first kappa shape index (κ1) is 10.6. The molecule has 0 unspecified atom stereocenters. The molecule has 0 aliphatic carbocycles. The van der Waals surface area contributed by atoms with Crippen LogP contribution in [0.5, 0.6) is 0 Å². The number of aromatic nitrogens is 2. The lowest BCUT2D eigenvalue weighted by atomic mass is 10.1. The number of pyridine rings is 1. The number of hydrogen-bond acceptors (Lipinski definition) is 2. The highest BCUT2D eigenvalue weighted by Crippen LogP contribution is 2.29. The third kappa shape index (κ3) is 1.55. The number of nitrogens with zero attached hydrogens (tertiary/aromatic N) is 2. The molecular formula is C16H15N3. The van der Waals surface area contributed by atoms with E-state index in [0.29, 0.717) is 0 Å². The highest BCUT2D eigenvalue weighted by atomic mass is 15.0. The molecule has 0 fully saturated rings. The van der Waals surface area contributed by atoms with Crippen molar-refractivity contribution in [1.82, 2.24) is 9.38 Å². The average molecular weight is 249 g/mol. The van der Waals surface area contributed by atoms with E-state index < -0.39 is 0 Å². The number of imidazole rings is 1. The smallest absolute Gasteiger partial charge is 0.144 e. The summed E-state index contributed by atoms with van der Waals surface area (Å²) in [7, 11) is 0. The zero-order chi connectivity index (χ0) is 12.8. The number of fused-ring (bicyclic) bond motifs is 2. The van der Waals surface area contributed by atoms with Crippen molar-refractivity contribution in [1.29, 1.82) is 0 Å². The third-order valence-electron chi connectivity index (χ3n) is 3.81. The highest BCUT2D eigenvalue weighted by Gasteiger charge is 2.14. The Bertz CT molecular complexity index is 771. The maximum Gasteiger partial charge on any atom is 0.144 e. The molecule has 3 aromatic rings. The predicted octanol–water partition coefficient (Wildman–Crippen LogP) is 3.28. The van der Waals surface area contributed by atoms with E-state index in [2.05, 4.69) is 53.2 Å². The summed E-state index contributed by atoms with van der Waals surface area (Å²) < 4.78 is 2.17. The van der Waals surface area contributed by atoms with E-state index >= 15 is 0 Å². The van der Waals surface area contributed by atoms with Gasteiger partial charge in [0.25, 0.3) is 0 Å². The Kier molecular flexibility index (Phi) is 2.15. The van der Waals surface area contributed by atoms with Gasteiger partial charge in [-0.1, -0.05) is 6.07 Å². The van der Waals surface area contributed by atoms with Crippen molar-refractivity contribution in [3.63, 3.8) is 0 Å². The minimum atomic E-state index is 1.03. The second-order valence-electron chi connectivity index (χ2n) is 5.03. The van der Waals surface area contributed by atoms with Crippen LogP contribution in [0.2, 0.25) is 0 Å². The van der Waals surface area contributed by atoms with Gasteiger partial charge in [0.05, 0.1) is 11.2 Å². The third-order valence-corrected chi connectivity index (χ3v) is 3.81. The van der Waals surface area contributed by atoms with Crippen LogP contribution >= 0.6 is 0 Å². The molecule has 0 bridgehead atoms. The maximum absolute atomic E-state index is 4.73. The Hall–Kier alpha value is -2.29. The van der Waals surface area contributed by atoms with Crippen LogP contribution in [0.15, 0.2) is 42.6 Å². The molecule has 1 aliphatic heterocycles. The van der Waals surface area contributed by atoms with Crippen molar-refractivity contribution < 1.29 is 0 Å². The zero-order valence-electron chi connectivity index (χ0n) is 10.9. The molecule has 1 aromatic carbocycles. The Morgan fingerprint density at radius 1 is 1.21 bits per heavy atom. The van der Waals surface area contributed by atoms with E-state index in [9.17, 15) is 0 Å². The fraction of sp³-hybridized carbons (Fsp3) is 0.188. The first-order chi connectivity index (χ1) is 9.33. The molecule has 0 saturated carbocycles. The van der Waals surface area contributed by atoms with Crippen LogP contribution < -0.4 is 5.32 Å². The Morgan fingerprint density at radius 3 is 3.11 bits per heavy atom. The van der Waals surface area contributed by atoms with Gasteiger partial charge in [0.1, 0.15) is 5.82 Å². The molecule has 3 heterocycles. The summed E-state index contributed by atoms with van der Waals surface area (Å²) >= 11 is 0. The Morgan fingerprint density at radius 2 is 2.16 bits per heavy atom. The van der Waals surface area contributed by atoms with E-state index in [1.54, 1.807) is 0 Å². The first-order valence-electron chi connectivity index (χ1n) is 6.64. The van der Waals surface area contributed by atoms with E-state index in [4.69, 9.17) is 4.98 Å². The van der Waals surface area contributed by atoms with Crippen molar-refractivity contribution in [2.75, 3.05) is 11.9 Å². The molecular weight excluding hydrogens is 234 g/mol. The van der Waals surface area contributed by atoms with Crippen LogP contribution in [0.1, 0.15) is 11.3 Å². The zero-order valence-corrected chi connectivity index (χ0v) is 10.9. The van der Waals surface area contributed by atoms with Crippen LogP contribution in [0.25, 0.3) is 16.9 Å². The lowest BCUT2D eigenvalue weighted by molar-refractivity contribution is 1.10. The standard InChI is InChI=1S/C16H15N3/c1-11-15-4-2-3-9-19(15)16(18-11)13-5-6-14-12(10-13)7-8-17-14/h2-6,9-10,17H,7-8H2,1H3. The molecule has 0 amide bonds. The molecule has 2 aromatic heterocycles. The number of benzene rings is 1. The number of anilines is 1. The summed E-state index contributed by atoms with van der Waals surface area (Å²) in [6.07, 6.45) is 3.18. The SMILES string of the molecule is Cc1nc(-c2ccc3c(c2)CCN3)n2ccccc12. The number of nitrogens with one attached hydrogen (secondary N) is 1. The van der Waals surface area contributed by atoms with Gasteiger partial charge in [-0.15, -0.1) is 0 Å². The normalized spacial score (nSPS) is 13.5. The molecule has 0 saturated heterocycles. The van der Waals surface area contributed by atoms with Gasteiger partial charge in [-0.25, -0.2) is 4.98 Å².